The van der Waals surface area contributed by atoms with Crippen LogP contribution in [0.25, 0.3) is 22.4 Å². The van der Waals surface area contributed by atoms with Crippen molar-refractivity contribution in [3.8, 4) is 28.1 Å². The van der Waals surface area contributed by atoms with Crippen LogP contribution in [0.5, 0.6) is 5.75 Å². The van der Waals surface area contributed by atoms with E-state index < -0.39 is 0 Å². The minimum Gasteiger partial charge on any atom is -0.496 e. The van der Waals surface area contributed by atoms with Crippen molar-refractivity contribution in [2.75, 3.05) is 7.11 Å². The minimum atomic E-state index is 0.152. The van der Waals surface area contributed by atoms with Gasteiger partial charge in [-0.15, -0.1) is 5.10 Å². The fourth-order valence-corrected chi connectivity index (χ4v) is 3.61. The molecule has 158 valence electrons. The van der Waals surface area contributed by atoms with Crippen molar-refractivity contribution in [2.45, 2.75) is 39.7 Å². The van der Waals surface area contributed by atoms with Gasteiger partial charge in [-0.2, -0.15) is 0 Å². The highest BCUT2D eigenvalue weighted by atomic mass is 16.5. The third-order valence-corrected chi connectivity index (χ3v) is 5.41. The molecule has 0 aliphatic carbocycles. The highest BCUT2D eigenvalue weighted by molar-refractivity contribution is 5.75. The summed E-state index contributed by atoms with van der Waals surface area (Å²) < 4.78 is 7.54. The quantitative estimate of drug-likeness (QED) is 0.424. The molecule has 0 aliphatic rings. The van der Waals surface area contributed by atoms with E-state index in [1.54, 1.807) is 7.11 Å². The molecular weight excluding hydrogens is 384 g/mol. The number of hydrogen-bond acceptors (Lipinski definition) is 4. The predicted octanol–water partition coefficient (Wildman–Crippen LogP) is 5.67. The van der Waals surface area contributed by atoms with Gasteiger partial charge in [0.1, 0.15) is 11.4 Å². The van der Waals surface area contributed by atoms with E-state index >= 15 is 0 Å². The summed E-state index contributed by atoms with van der Waals surface area (Å²) in [6.45, 7) is 9.34. The smallest absolute Gasteiger partial charge is 0.127 e. The van der Waals surface area contributed by atoms with Crippen LogP contribution in [-0.2, 0) is 12.0 Å². The third-order valence-electron chi connectivity index (χ3n) is 5.41. The molecular formula is C26H28N4O. The highest BCUT2D eigenvalue weighted by Gasteiger charge is 2.14. The van der Waals surface area contributed by atoms with Gasteiger partial charge in [0.25, 0.3) is 0 Å². The first-order chi connectivity index (χ1) is 14.8. The Hall–Kier alpha value is -3.47. The summed E-state index contributed by atoms with van der Waals surface area (Å²) in [5, 5.41) is 8.70. The number of methoxy groups -OCH3 is 1. The summed E-state index contributed by atoms with van der Waals surface area (Å²) in [6.07, 6.45) is 3.79. The number of aryl methyl sites for hydroxylation is 1. The summed E-state index contributed by atoms with van der Waals surface area (Å²) in [4.78, 5) is 4.28. The van der Waals surface area contributed by atoms with Crippen LogP contribution in [0.1, 0.15) is 37.6 Å². The average molecular weight is 413 g/mol. The van der Waals surface area contributed by atoms with Gasteiger partial charge in [0, 0.05) is 23.0 Å². The lowest BCUT2D eigenvalue weighted by Gasteiger charge is -2.19. The van der Waals surface area contributed by atoms with Crippen molar-refractivity contribution in [1.29, 1.82) is 0 Å². The number of aromatic nitrogens is 4. The topological polar surface area (TPSA) is 52.8 Å². The fourth-order valence-electron chi connectivity index (χ4n) is 3.61. The van der Waals surface area contributed by atoms with Crippen molar-refractivity contribution in [3.05, 3.63) is 83.8 Å². The molecule has 2 aromatic carbocycles. The molecule has 0 saturated heterocycles. The summed E-state index contributed by atoms with van der Waals surface area (Å²) in [5.74, 6) is 0.801. The largest absolute Gasteiger partial charge is 0.496 e. The van der Waals surface area contributed by atoms with E-state index in [2.05, 4.69) is 78.5 Å². The second-order valence-corrected chi connectivity index (χ2v) is 8.85. The maximum absolute atomic E-state index is 5.67. The molecule has 0 aliphatic heterocycles. The molecule has 0 unspecified atom stereocenters. The van der Waals surface area contributed by atoms with Crippen LogP contribution in [0.15, 0.2) is 67.0 Å². The number of pyridine rings is 1. The van der Waals surface area contributed by atoms with E-state index in [1.165, 1.54) is 11.1 Å². The van der Waals surface area contributed by atoms with Gasteiger partial charge in [-0.3, -0.25) is 4.98 Å². The second-order valence-electron chi connectivity index (χ2n) is 8.85. The maximum Gasteiger partial charge on any atom is 0.127 e. The zero-order valence-electron chi connectivity index (χ0n) is 18.8. The van der Waals surface area contributed by atoms with Gasteiger partial charge < -0.3 is 4.74 Å². The molecule has 0 bridgehead atoms. The van der Waals surface area contributed by atoms with Crippen LogP contribution in [0.3, 0.4) is 0 Å². The zero-order chi connectivity index (χ0) is 22.0. The van der Waals surface area contributed by atoms with E-state index in [1.807, 2.05) is 36.1 Å². The van der Waals surface area contributed by atoms with Gasteiger partial charge >= 0.3 is 0 Å². The molecule has 4 aromatic rings. The molecule has 5 nitrogen and oxygen atoms in total. The summed E-state index contributed by atoms with van der Waals surface area (Å²) in [5.41, 5.74) is 7.56. The van der Waals surface area contributed by atoms with Crippen molar-refractivity contribution >= 4 is 0 Å². The first-order valence-electron chi connectivity index (χ1n) is 10.4. The van der Waals surface area contributed by atoms with Crippen LogP contribution in [0.2, 0.25) is 0 Å². The van der Waals surface area contributed by atoms with Crippen LogP contribution < -0.4 is 4.74 Å². The Morgan fingerprint density at radius 3 is 2.39 bits per heavy atom. The maximum atomic E-state index is 5.67. The molecule has 5 heteroatoms. The summed E-state index contributed by atoms with van der Waals surface area (Å²) in [6, 6.07) is 18.9. The Labute approximate surface area is 183 Å². The lowest BCUT2D eigenvalue weighted by molar-refractivity contribution is 0.416. The number of rotatable bonds is 5. The monoisotopic (exact) mass is 412 g/mol. The Bertz CT molecular complexity index is 1190. The van der Waals surface area contributed by atoms with E-state index in [4.69, 9.17) is 4.74 Å². The molecule has 0 atom stereocenters. The molecule has 2 heterocycles. The standard InChI is InChI=1S/C26H28N4O/c1-18-14-20(12-13-27-18)23-11-8-21(15-25(23)31-5)24-17-30(29-28-24)16-19-6-9-22(10-7-19)26(2,3)4/h6-15,17H,16H2,1-5H3. The van der Waals surface area contributed by atoms with E-state index in [9.17, 15) is 0 Å². The minimum absolute atomic E-state index is 0.152. The molecule has 4 rings (SSSR count). The van der Waals surface area contributed by atoms with Crippen LogP contribution in [-0.4, -0.2) is 27.1 Å². The lowest BCUT2D eigenvalue weighted by Crippen LogP contribution is -2.11. The lowest BCUT2D eigenvalue weighted by atomic mass is 9.87. The fraction of sp³-hybridized carbons (Fsp3) is 0.269. The highest BCUT2D eigenvalue weighted by Crippen LogP contribution is 2.33. The Balaban J connectivity index is 1.56. The molecule has 0 saturated carbocycles. The number of nitrogens with zero attached hydrogens (tertiary/aromatic N) is 4. The van der Waals surface area contributed by atoms with Gasteiger partial charge in [0.05, 0.1) is 19.9 Å². The molecule has 0 amide bonds. The third kappa shape index (κ3) is 4.66. The van der Waals surface area contributed by atoms with Gasteiger partial charge in [-0.25, -0.2) is 4.68 Å². The van der Waals surface area contributed by atoms with Crippen LogP contribution >= 0.6 is 0 Å². The van der Waals surface area contributed by atoms with Gasteiger partial charge in [0.15, 0.2) is 0 Å². The molecule has 31 heavy (non-hydrogen) atoms. The van der Waals surface area contributed by atoms with Crippen LogP contribution in [0, 0.1) is 6.92 Å². The summed E-state index contributed by atoms with van der Waals surface area (Å²) >= 11 is 0. The Morgan fingerprint density at radius 1 is 0.935 bits per heavy atom. The molecule has 2 aromatic heterocycles. The number of benzene rings is 2. The van der Waals surface area contributed by atoms with E-state index in [0.29, 0.717) is 6.54 Å². The van der Waals surface area contributed by atoms with Crippen molar-refractivity contribution in [3.63, 3.8) is 0 Å². The van der Waals surface area contributed by atoms with E-state index in [0.717, 1.165) is 33.8 Å². The Kier molecular flexibility index (Phi) is 5.59. The van der Waals surface area contributed by atoms with Crippen molar-refractivity contribution in [1.82, 2.24) is 20.0 Å². The first-order valence-corrected chi connectivity index (χ1v) is 10.4. The SMILES string of the molecule is COc1cc(-c2cn(Cc3ccc(C(C)(C)C)cc3)nn2)ccc1-c1ccnc(C)c1. The molecule has 0 fully saturated rings. The molecule has 0 radical (unpaired) electrons. The van der Waals surface area contributed by atoms with Gasteiger partial charge in [-0.1, -0.05) is 56.3 Å². The van der Waals surface area contributed by atoms with Crippen LogP contribution in [0.4, 0.5) is 0 Å². The van der Waals surface area contributed by atoms with Gasteiger partial charge in [-0.05, 0) is 53.3 Å². The molecule has 0 spiro atoms. The second kappa shape index (κ2) is 8.34. The predicted molar refractivity (Wildman–Crippen MR) is 124 cm³/mol. The normalized spacial score (nSPS) is 11.5. The van der Waals surface area contributed by atoms with Crippen molar-refractivity contribution < 1.29 is 4.74 Å². The molecule has 0 N–H and O–H groups in total. The van der Waals surface area contributed by atoms with Crippen molar-refractivity contribution in [2.24, 2.45) is 0 Å². The van der Waals surface area contributed by atoms with E-state index in [-0.39, 0.29) is 5.41 Å². The number of ether oxygens (including phenoxy) is 1. The summed E-state index contributed by atoms with van der Waals surface area (Å²) in [7, 11) is 1.69. The first kappa shape index (κ1) is 20.8. The zero-order valence-corrected chi connectivity index (χ0v) is 18.8. The average Bonchev–Trinajstić information content (AvgIpc) is 3.21. The van der Waals surface area contributed by atoms with Gasteiger partial charge in [0.2, 0.25) is 0 Å². The Morgan fingerprint density at radius 2 is 1.71 bits per heavy atom. The number of hydrogen-bond donors (Lipinski definition) is 0.